The van der Waals surface area contributed by atoms with Crippen LogP contribution in [0.25, 0.3) is 11.2 Å². The van der Waals surface area contributed by atoms with Crippen molar-refractivity contribution in [3.8, 4) is 0 Å². The van der Waals surface area contributed by atoms with Crippen LogP contribution in [0.5, 0.6) is 0 Å². The first-order valence-corrected chi connectivity index (χ1v) is 9.91. The Morgan fingerprint density at radius 2 is 1.97 bits per heavy atom. The Labute approximate surface area is 179 Å². The summed E-state index contributed by atoms with van der Waals surface area (Å²) in [4.78, 5) is 21.0. The molecule has 0 radical (unpaired) electrons. The van der Waals surface area contributed by atoms with Crippen molar-refractivity contribution in [2.24, 2.45) is 0 Å². The van der Waals surface area contributed by atoms with Gasteiger partial charge in [-0.2, -0.15) is 0 Å². The fraction of sp³-hybridized carbons (Fsp3) is 0.174. The van der Waals surface area contributed by atoms with E-state index in [2.05, 4.69) is 27.4 Å². The molecule has 4 rings (SSSR count). The summed E-state index contributed by atoms with van der Waals surface area (Å²) in [5.74, 6) is 0.315. The van der Waals surface area contributed by atoms with Crippen LogP contribution in [0.15, 0.2) is 60.8 Å². The quantitative estimate of drug-likeness (QED) is 0.452. The van der Waals surface area contributed by atoms with Crippen molar-refractivity contribution in [2.75, 3.05) is 12.4 Å². The highest BCUT2D eigenvalue weighted by Crippen LogP contribution is 2.25. The molecule has 0 spiro atoms. The average Bonchev–Trinajstić information content (AvgIpc) is 3.09. The smallest absolute Gasteiger partial charge is 0.340 e. The fourth-order valence-electron chi connectivity index (χ4n) is 3.35. The second-order valence-corrected chi connectivity index (χ2v) is 7.32. The molecule has 7 heteroatoms. The van der Waals surface area contributed by atoms with Crippen molar-refractivity contribution in [3.63, 3.8) is 0 Å². The minimum Gasteiger partial charge on any atom is -0.465 e. The van der Waals surface area contributed by atoms with E-state index in [1.54, 1.807) is 12.3 Å². The molecule has 0 bridgehead atoms. The summed E-state index contributed by atoms with van der Waals surface area (Å²) in [5, 5.41) is 4.04. The Hall–Kier alpha value is -3.38. The van der Waals surface area contributed by atoms with Crippen LogP contribution in [0, 0.1) is 6.92 Å². The molecule has 0 aliphatic rings. The number of nitrogens with zero attached hydrogens (tertiary/aromatic N) is 3. The number of carbonyl (C=O) groups excluding carboxylic acids is 1. The van der Waals surface area contributed by atoms with E-state index in [1.165, 1.54) is 12.7 Å². The Balaban J connectivity index is 1.58. The van der Waals surface area contributed by atoms with Crippen LogP contribution in [0.4, 0.5) is 5.69 Å². The van der Waals surface area contributed by atoms with E-state index < -0.39 is 5.97 Å². The van der Waals surface area contributed by atoms with Crippen molar-refractivity contribution in [1.29, 1.82) is 0 Å². The van der Waals surface area contributed by atoms with Gasteiger partial charge in [0.25, 0.3) is 0 Å². The van der Waals surface area contributed by atoms with Gasteiger partial charge in [-0.3, -0.25) is 0 Å². The highest BCUT2D eigenvalue weighted by molar-refractivity contribution is 6.31. The van der Waals surface area contributed by atoms with Crippen LogP contribution in [-0.4, -0.2) is 27.6 Å². The van der Waals surface area contributed by atoms with E-state index in [-0.39, 0.29) is 0 Å². The lowest BCUT2D eigenvalue weighted by atomic mass is 10.2. The van der Waals surface area contributed by atoms with E-state index in [0.29, 0.717) is 28.3 Å². The molecule has 0 unspecified atom stereocenters. The third-order valence-corrected chi connectivity index (χ3v) is 5.30. The van der Waals surface area contributed by atoms with E-state index in [4.69, 9.17) is 16.3 Å². The monoisotopic (exact) mass is 420 g/mol. The number of imidazole rings is 1. The molecule has 0 saturated heterocycles. The first-order valence-electron chi connectivity index (χ1n) is 9.53. The lowest BCUT2D eigenvalue weighted by Crippen LogP contribution is -2.06. The maximum absolute atomic E-state index is 12.0. The summed E-state index contributed by atoms with van der Waals surface area (Å²) < 4.78 is 6.80. The largest absolute Gasteiger partial charge is 0.465 e. The third kappa shape index (κ3) is 4.00. The highest BCUT2D eigenvalue weighted by Gasteiger charge is 2.18. The summed E-state index contributed by atoms with van der Waals surface area (Å²) in [6.45, 7) is 3.10. The number of hydrogen-bond acceptors (Lipinski definition) is 5. The molecular weight excluding hydrogens is 400 g/mol. The maximum Gasteiger partial charge on any atom is 0.340 e. The molecule has 2 aromatic heterocycles. The van der Waals surface area contributed by atoms with E-state index >= 15 is 0 Å². The number of fused-ring (bicyclic) bond motifs is 1. The SMILES string of the molecule is COC(=O)c1ccnc2c1nc(C)n2Cc1ccc(NCc2ccccc2)cc1Cl. The molecule has 1 N–H and O–H groups in total. The zero-order valence-corrected chi connectivity index (χ0v) is 17.5. The Bertz CT molecular complexity index is 1200. The van der Waals surface area contributed by atoms with Gasteiger partial charge in [0.1, 0.15) is 11.3 Å². The predicted octanol–water partition coefficient (Wildman–Crippen LogP) is 4.84. The molecule has 0 saturated carbocycles. The minimum absolute atomic E-state index is 0.399. The van der Waals surface area contributed by atoms with Crippen molar-refractivity contribution in [2.45, 2.75) is 20.0 Å². The summed E-state index contributed by atoms with van der Waals surface area (Å²) in [7, 11) is 1.35. The number of halogens is 1. The lowest BCUT2D eigenvalue weighted by Gasteiger charge is -2.12. The van der Waals surface area contributed by atoms with Gasteiger partial charge in [0, 0.05) is 23.5 Å². The molecule has 0 fully saturated rings. The van der Waals surface area contributed by atoms with Crippen molar-refractivity contribution >= 4 is 34.4 Å². The Morgan fingerprint density at radius 3 is 2.70 bits per heavy atom. The second kappa shape index (κ2) is 8.55. The minimum atomic E-state index is -0.432. The van der Waals surface area contributed by atoms with E-state index in [0.717, 1.165) is 23.6 Å². The van der Waals surface area contributed by atoms with E-state index in [9.17, 15) is 4.79 Å². The number of pyridine rings is 1. The molecule has 30 heavy (non-hydrogen) atoms. The van der Waals surface area contributed by atoms with Gasteiger partial charge in [0.15, 0.2) is 5.65 Å². The van der Waals surface area contributed by atoms with Gasteiger partial charge in [-0.25, -0.2) is 14.8 Å². The van der Waals surface area contributed by atoms with Gasteiger partial charge >= 0.3 is 5.97 Å². The number of aryl methyl sites for hydroxylation is 1. The standard InChI is InChI=1S/C23H21ClN4O2/c1-15-27-21-19(23(29)30-2)10-11-25-22(21)28(15)14-17-8-9-18(12-20(17)24)26-13-16-6-4-3-5-7-16/h3-12,26H,13-14H2,1-2H3. The number of anilines is 1. The Morgan fingerprint density at radius 1 is 1.17 bits per heavy atom. The molecule has 0 aliphatic heterocycles. The zero-order chi connectivity index (χ0) is 21.1. The topological polar surface area (TPSA) is 69.0 Å². The number of methoxy groups -OCH3 is 1. The number of hydrogen-bond donors (Lipinski definition) is 1. The predicted molar refractivity (Wildman–Crippen MR) is 118 cm³/mol. The maximum atomic E-state index is 12.0. The van der Waals surface area contributed by atoms with Crippen LogP contribution in [-0.2, 0) is 17.8 Å². The molecule has 152 valence electrons. The number of benzene rings is 2. The van der Waals surface area contributed by atoms with Crippen LogP contribution in [0.1, 0.15) is 27.3 Å². The summed E-state index contributed by atoms with van der Waals surface area (Å²) >= 11 is 6.57. The van der Waals surface area contributed by atoms with Crippen LogP contribution >= 0.6 is 11.6 Å². The zero-order valence-electron chi connectivity index (χ0n) is 16.7. The summed E-state index contributed by atoms with van der Waals surface area (Å²) in [5.41, 5.74) is 4.64. The third-order valence-electron chi connectivity index (χ3n) is 4.95. The second-order valence-electron chi connectivity index (χ2n) is 6.91. The fourth-order valence-corrected chi connectivity index (χ4v) is 3.59. The van der Waals surface area contributed by atoms with Gasteiger partial charge in [0.05, 0.1) is 19.2 Å². The number of aromatic nitrogens is 3. The van der Waals surface area contributed by atoms with Crippen LogP contribution in [0.3, 0.4) is 0 Å². The first-order chi connectivity index (χ1) is 14.6. The average molecular weight is 421 g/mol. The molecule has 0 atom stereocenters. The number of nitrogens with one attached hydrogen (secondary N) is 1. The Kier molecular flexibility index (Phi) is 5.68. The van der Waals surface area contributed by atoms with Gasteiger partial charge in [-0.1, -0.05) is 48.0 Å². The molecule has 2 aromatic carbocycles. The van der Waals surface area contributed by atoms with Crippen LogP contribution in [0.2, 0.25) is 5.02 Å². The molecular formula is C23H21ClN4O2. The molecule has 4 aromatic rings. The number of ether oxygens (including phenoxy) is 1. The molecule has 0 amide bonds. The summed E-state index contributed by atoms with van der Waals surface area (Å²) in [6.07, 6.45) is 1.59. The lowest BCUT2D eigenvalue weighted by molar-refractivity contribution is 0.0602. The van der Waals surface area contributed by atoms with Gasteiger partial charge in [0.2, 0.25) is 0 Å². The van der Waals surface area contributed by atoms with Crippen molar-refractivity contribution < 1.29 is 9.53 Å². The number of carbonyl (C=O) groups is 1. The van der Waals surface area contributed by atoms with Gasteiger partial charge in [-0.05, 0) is 36.2 Å². The van der Waals surface area contributed by atoms with E-state index in [1.807, 2.05) is 47.9 Å². The highest BCUT2D eigenvalue weighted by atomic mass is 35.5. The van der Waals surface area contributed by atoms with Crippen LogP contribution < -0.4 is 5.32 Å². The van der Waals surface area contributed by atoms with Gasteiger partial charge < -0.3 is 14.6 Å². The molecule has 2 heterocycles. The van der Waals surface area contributed by atoms with Crippen molar-refractivity contribution in [1.82, 2.24) is 14.5 Å². The molecule has 0 aliphatic carbocycles. The normalized spacial score (nSPS) is 10.9. The number of esters is 1. The molecule has 6 nitrogen and oxygen atoms in total. The number of rotatable bonds is 6. The summed E-state index contributed by atoms with van der Waals surface area (Å²) in [6, 6.07) is 17.7. The van der Waals surface area contributed by atoms with Crippen molar-refractivity contribution in [3.05, 3.63) is 88.3 Å². The first kappa shape index (κ1) is 19.9. The van der Waals surface area contributed by atoms with Gasteiger partial charge in [-0.15, -0.1) is 0 Å².